The maximum atomic E-state index is 12.0. The third-order valence-corrected chi connectivity index (χ3v) is 3.91. The first-order valence-electron chi connectivity index (χ1n) is 6.70. The van der Waals surface area contributed by atoms with Crippen LogP contribution in [-0.2, 0) is 11.2 Å². The summed E-state index contributed by atoms with van der Waals surface area (Å²) in [5, 5.41) is 17.5. The summed E-state index contributed by atoms with van der Waals surface area (Å²) in [7, 11) is 0. The van der Waals surface area contributed by atoms with Gasteiger partial charge in [-0.25, -0.2) is 4.79 Å². The molecule has 0 spiro atoms. The van der Waals surface area contributed by atoms with Crippen LogP contribution in [0.3, 0.4) is 0 Å². The molecule has 0 radical (unpaired) electrons. The molecule has 0 aliphatic carbocycles. The molecule has 22 heavy (non-hydrogen) atoms. The van der Waals surface area contributed by atoms with Crippen LogP contribution in [-0.4, -0.2) is 26.3 Å². The van der Waals surface area contributed by atoms with Crippen LogP contribution in [0, 0.1) is 0 Å². The molecule has 0 saturated heterocycles. The number of hydrogen-bond donors (Lipinski definition) is 2. The fourth-order valence-corrected chi connectivity index (χ4v) is 2.69. The van der Waals surface area contributed by atoms with Crippen molar-refractivity contribution in [3.63, 3.8) is 0 Å². The van der Waals surface area contributed by atoms with Gasteiger partial charge in [-0.15, -0.1) is 10.2 Å². The molecule has 2 rings (SSSR count). The zero-order valence-corrected chi connectivity index (χ0v) is 13.4. The second-order valence-electron chi connectivity index (χ2n) is 5.81. The number of aromatic amines is 1. The van der Waals surface area contributed by atoms with Crippen molar-refractivity contribution in [2.24, 2.45) is 0 Å². The van der Waals surface area contributed by atoms with Gasteiger partial charge in [0.25, 0.3) is 5.56 Å². The van der Waals surface area contributed by atoms with Crippen LogP contribution in [0.5, 0.6) is 0 Å². The van der Waals surface area contributed by atoms with Gasteiger partial charge < -0.3 is 5.11 Å². The monoisotopic (exact) mass is 319 g/mol. The molecule has 1 aromatic carbocycles. The van der Waals surface area contributed by atoms with E-state index in [2.05, 4.69) is 15.2 Å². The molecule has 1 heterocycles. The van der Waals surface area contributed by atoms with Crippen LogP contribution in [0.1, 0.15) is 42.4 Å². The number of nitrogens with zero attached hydrogens (tertiary/aromatic N) is 2. The van der Waals surface area contributed by atoms with E-state index < -0.39 is 5.97 Å². The van der Waals surface area contributed by atoms with Crippen LogP contribution in [0.25, 0.3) is 0 Å². The number of H-pyrrole nitrogens is 1. The van der Waals surface area contributed by atoms with E-state index in [9.17, 15) is 9.59 Å². The van der Waals surface area contributed by atoms with E-state index in [1.54, 1.807) is 24.3 Å². The van der Waals surface area contributed by atoms with Crippen molar-refractivity contribution < 1.29 is 9.90 Å². The van der Waals surface area contributed by atoms with Gasteiger partial charge in [0.05, 0.1) is 5.56 Å². The predicted octanol–water partition coefficient (Wildman–Crippen LogP) is 2.45. The molecule has 0 aliphatic heterocycles. The highest BCUT2D eigenvalue weighted by Crippen LogP contribution is 2.21. The summed E-state index contributed by atoms with van der Waals surface area (Å²) in [6.07, 6.45) is 0. The van der Waals surface area contributed by atoms with E-state index >= 15 is 0 Å². The molecule has 2 aromatic rings. The highest BCUT2D eigenvalue weighted by molar-refractivity contribution is 7.98. The van der Waals surface area contributed by atoms with Crippen LogP contribution in [0.15, 0.2) is 34.2 Å². The second-order valence-corrected chi connectivity index (χ2v) is 6.77. The van der Waals surface area contributed by atoms with E-state index in [4.69, 9.17) is 5.11 Å². The fourth-order valence-electron chi connectivity index (χ4n) is 1.88. The molecule has 0 bridgehead atoms. The van der Waals surface area contributed by atoms with E-state index in [0.717, 1.165) is 0 Å². The van der Waals surface area contributed by atoms with E-state index in [-0.39, 0.29) is 16.5 Å². The molecule has 6 nitrogen and oxygen atoms in total. The molecule has 0 fully saturated rings. The average Bonchev–Trinajstić information content (AvgIpc) is 2.44. The third-order valence-electron chi connectivity index (χ3n) is 3.00. The number of carboxylic acids is 1. The molecule has 0 amide bonds. The van der Waals surface area contributed by atoms with Gasteiger partial charge in [-0.05, 0) is 11.6 Å². The normalized spacial score (nSPS) is 11.4. The maximum Gasteiger partial charge on any atom is 0.335 e. The van der Waals surface area contributed by atoms with Crippen molar-refractivity contribution in [1.29, 1.82) is 0 Å². The number of hydrogen-bond acceptors (Lipinski definition) is 5. The molecule has 1 aromatic heterocycles. The van der Waals surface area contributed by atoms with Crippen LogP contribution >= 0.6 is 11.8 Å². The summed E-state index contributed by atoms with van der Waals surface area (Å²) in [6.45, 7) is 5.67. The van der Waals surface area contributed by atoms with Crippen LogP contribution in [0.4, 0.5) is 0 Å². The van der Waals surface area contributed by atoms with Crippen molar-refractivity contribution in [2.75, 3.05) is 0 Å². The van der Waals surface area contributed by atoms with Gasteiger partial charge in [-0.1, -0.05) is 50.7 Å². The topological polar surface area (TPSA) is 95.9 Å². The number of thioether (sulfide) groups is 1. The summed E-state index contributed by atoms with van der Waals surface area (Å²) < 4.78 is 0. The molecule has 0 unspecified atom stereocenters. The van der Waals surface area contributed by atoms with Crippen molar-refractivity contribution in [3.05, 3.63) is 51.4 Å². The van der Waals surface area contributed by atoms with Gasteiger partial charge in [0.15, 0.2) is 5.16 Å². The Morgan fingerprint density at radius 2 is 1.95 bits per heavy atom. The lowest BCUT2D eigenvalue weighted by atomic mass is 9.93. The van der Waals surface area contributed by atoms with Gasteiger partial charge in [0, 0.05) is 11.2 Å². The first-order chi connectivity index (χ1) is 10.3. The summed E-state index contributed by atoms with van der Waals surface area (Å²) >= 11 is 1.25. The van der Waals surface area contributed by atoms with Crippen molar-refractivity contribution in [2.45, 2.75) is 37.1 Å². The number of aromatic nitrogens is 3. The summed E-state index contributed by atoms with van der Waals surface area (Å²) in [5.41, 5.74) is 0.651. The predicted molar refractivity (Wildman–Crippen MR) is 84.3 cm³/mol. The maximum absolute atomic E-state index is 12.0. The van der Waals surface area contributed by atoms with Crippen molar-refractivity contribution in [1.82, 2.24) is 15.2 Å². The molecular formula is C15H17N3O3S. The Hall–Kier alpha value is -2.15. The zero-order valence-electron chi connectivity index (χ0n) is 12.6. The molecule has 116 valence electrons. The Balaban J connectivity index is 2.18. The number of nitrogens with one attached hydrogen (secondary N) is 1. The summed E-state index contributed by atoms with van der Waals surface area (Å²) in [6, 6.07) is 6.75. The van der Waals surface area contributed by atoms with E-state index in [1.165, 1.54) is 11.8 Å². The van der Waals surface area contributed by atoms with Crippen LogP contribution < -0.4 is 5.56 Å². The number of carbonyl (C=O) groups is 1. The lowest BCUT2D eigenvalue weighted by Gasteiger charge is -2.15. The molecular weight excluding hydrogens is 302 g/mol. The van der Waals surface area contributed by atoms with Gasteiger partial charge in [0.2, 0.25) is 0 Å². The Bertz CT molecular complexity index is 750. The smallest absolute Gasteiger partial charge is 0.335 e. The Labute approximate surface area is 132 Å². The third kappa shape index (κ3) is 3.73. The largest absolute Gasteiger partial charge is 0.478 e. The standard InChI is InChI=1S/C15H17N3O3S/c1-15(2,3)11-12(19)16-14(18-17-11)22-8-9-6-4-5-7-10(9)13(20)21/h4-7H,8H2,1-3H3,(H,20,21)(H,16,18,19). The number of benzene rings is 1. The van der Waals surface area contributed by atoms with Gasteiger partial charge in [-0.2, -0.15) is 0 Å². The minimum Gasteiger partial charge on any atom is -0.478 e. The first-order valence-corrected chi connectivity index (χ1v) is 7.69. The van der Waals surface area contributed by atoms with E-state index in [1.807, 2.05) is 20.8 Å². The highest BCUT2D eigenvalue weighted by Gasteiger charge is 2.20. The lowest BCUT2D eigenvalue weighted by molar-refractivity contribution is 0.0696. The molecule has 0 saturated carbocycles. The minimum atomic E-state index is -0.973. The Morgan fingerprint density at radius 1 is 1.27 bits per heavy atom. The van der Waals surface area contributed by atoms with Gasteiger partial charge >= 0.3 is 5.97 Å². The molecule has 7 heteroatoms. The summed E-state index contributed by atoms with van der Waals surface area (Å²) in [4.78, 5) is 25.8. The van der Waals surface area contributed by atoms with Gasteiger partial charge in [0.1, 0.15) is 5.69 Å². The van der Waals surface area contributed by atoms with Crippen molar-refractivity contribution >= 4 is 17.7 Å². The summed E-state index contributed by atoms with van der Waals surface area (Å²) in [5.74, 6) is -0.582. The number of carboxylic acid groups (broad SMARTS) is 1. The van der Waals surface area contributed by atoms with E-state index in [0.29, 0.717) is 22.2 Å². The molecule has 0 atom stereocenters. The second kappa shape index (κ2) is 6.31. The zero-order chi connectivity index (χ0) is 16.3. The fraction of sp³-hybridized carbons (Fsp3) is 0.333. The number of rotatable bonds is 4. The van der Waals surface area contributed by atoms with Crippen molar-refractivity contribution in [3.8, 4) is 0 Å². The Kier molecular flexibility index (Phi) is 4.65. The first kappa shape index (κ1) is 16.2. The number of aromatic carboxylic acids is 1. The van der Waals surface area contributed by atoms with Crippen LogP contribution in [0.2, 0.25) is 0 Å². The molecule has 0 aliphatic rings. The minimum absolute atomic E-state index is 0.247. The van der Waals surface area contributed by atoms with Gasteiger partial charge in [-0.3, -0.25) is 9.78 Å². The lowest BCUT2D eigenvalue weighted by Crippen LogP contribution is -2.27. The quantitative estimate of drug-likeness (QED) is 0.840. The molecule has 2 N–H and O–H groups in total. The SMILES string of the molecule is CC(C)(C)c1nnc(SCc2ccccc2C(=O)O)[nH]c1=O. The highest BCUT2D eigenvalue weighted by atomic mass is 32.2. The average molecular weight is 319 g/mol. The Morgan fingerprint density at radius 3 is 2.55 bits per heavy atom.